The minimum absolute atomic E-state index is 0.552. The molecule has 50 heavy (non-hydrogen) atoms. The van der Waals surface area contributed by atoms with E-state index in [0.29, 0.717) is 16.7 Å². The van der Waals surface area contributed by atoms with Gasteiger partial charge in [-0.05, 0) is 63.2 Å². The fraction of sp³-hybridized carbons (Fsp3) is 0. The predicted octanol–water partition coefficient (Wildman–Crippen LogP) is 7.44. The molecule has 0 fully saturated rings. The van der Waals surface area contributed by atoms with Crippen molar-refractivity contribution in [1.82, 2.24) is 4.57 Å². The molecule has 0 aliphatic rings. The Labute approximate surface area is 291 Å². The Hall–Kier alpha value is -6.97. The molecule has 232 valence electrons. The lowest BCUT2D eigenvalue weighted by Gasteiger charge is -2.35. The van der Waals surface area contributed by atoms with E-state index in [1.807, 2.05) is 66.7 Å². The molecule has 0 saturated heterocycles. The van der Waals surface area contributed by atoms with Crippen molar-refractivity contribution in [3.63, 3.8) is 0 Å². The summed E-state index contributed by atoms with van der Waals surface area (Å²) in [6.45, 7) is 0. The van der Waals surface area contributed by atoms with Crippen molar-refractivity contribution < 1.29 is 0 Å². The number of fused-ring (bicyclic) bond motifs is 3. The van der Waals surface area contributed by atoms with E-state index >= 15 is 0 Å². The van der Waals surface area contributed by atoms with Crippen molar-refractivity contribution in [2.24, 2.45) is 0 Å². The molecule has 1 heterocycles. The van der Waals surface area contributed by atoms with Crippen LogP contribution in [-0.4, -0.2) is 12.6 Å². The summed E-state index contributed by atoms with van der Waals surface area (Å²) < 4.78 is 2.19. The molecule has 0 bridgehead atoms. The van der Waals surface area contributed by atoms with E-state index in [4.69, 9.17) is 0 Å². The molecule has 0 atom stereocenters. The van der Waals surface area contributed by atoms with Gasteiger partial charge in [0.05, 0.1) is 51.6 Å². The summed E-state index contributed by atoms with van der Waals surface area (Å²) in [6, 6.07) is 65.0. The molecule has 0 aliphatic carbocycles. The number of hydrogen-bond acceptors (Lipinski definition) is 3. The third-order valence-corrected chi connectivity index (χ3v) is 14.5. The lowest BCUT2D eigenvalue weighted by molar-refractivity contribution is 1.18. The van der Waals surface area contributed by atoms with Crippen LogP contribution in [0.1, 0.15) is 16.7 Å². The molecule has 7 aromatic carbocycles. The van der Waals surface area contributed by atoms with Crippen LogP contribution in [0.3, 0.4) is 0 Å². The van der Waals surface area contributed by atoms with Crippen LogP contribution in [0.2, 0.25) is 0 Å². The quantitative estimate of drug-likeness (QED) is 0.138. The molecule has 0 N–H and O–H groups in total. The number of aromatic nitrogens is 1. The summed E-state index contributed by atoms with van der Waals surface area (Å²) in [5.74, 6) is 0. The van der Waals surface area contributed by atoms with Gasteiger partial charge in [-0.25, -0.2) is 0 Å². The number of benzene rings is 7. The van der Waals surface area contributed by atoms with E-state index in [9.17, 15) is 15.8 Å². The second kappa shape index (κ2) is 12.6. The number of nitriles is 3. The largest absolute Gasteiger partial charge is 0.309 e. The van der Waals surface area contributed by atoms with Gasteiger partial charge in [0.1, 0.15) is 0 Å². The number of para-hydroxylation sites is 1. The first-order chi connectivity index (χ1) is 24.7. The highest BCUT2D eigenvalue weighted by atomic mass is 28.3. The van der Waals surface area contributed by atoms with Crippen molar-refractivity contribution in [3.05, 3.63) is 187 Å². The fourth-order valence-electron chi connectivity index (χ4n) is 7.56. The Morgan fingerprint density at radius 1 is 0.420 bits per heavy atom. The highest BCUT2D eigenvalue weighted by Crippen LogP contribution is 2.37. The average molecular weight is 653 g/mol. The summed E-state index contributed by atoms with van der Waals surface area (Å²) in [5.41, 5.74) is 6.24. The van der Waals surface area contributed by atoms with E-state index in [1.165, 1.54) is 15.6 Å². The Morgan fingerprint density at radius 2 is 0.880 bits per heavy atom. The molecule has 8 rings (SSSR count). The zero-order valence-corrected chi connectivity index (χ0v) is 28.0. The molecule has 0 spiro atoms. The van der Waals surface area contributed by atoms with Crippen molar-refractivity contribution in [2.45, 2.75) is 0 Å². The summed E-state index contributed by atoms with van der Waals surface area (Å²) >= 11 is 0. The topological polar surface area (TPSA) is 76.3 Å². The van der Waals surface area contributed by atoms with Gasteiger partial charge < -0.3 is 4.57 Å². The SMILES string of the molecule is N#Cc1ccc2c(c1)c1cc(C#N)ccc1n2-c1ccccc1-c1cccc([Si](c2ccccc2)(c2ccccc2)c2ccccc2)c1C#N. The predicted molar refractivity (Wildman–Crippen MR) is 204 cm³/mol. The second-order valence-electron chi connectivity index (χ2n) is 12.2. The molecule has 1 aromatic heterocycles. The van der Waals surface area contributed by atoms with Crippen LogP contribution in [0, 0.1) is 34.0 Å². The molecule has 0 unspecified atom stereocenters. The highest BCUT2D eigenvalue weighted by Gasteiger charge is 2.43. The van der Waals surface area contributed by atoms with Gasteiger partial charge in [0.15, 0.2) is 8.07 Å². The van der Waals surface area contributed by atoms with Gasteiger partial charge in [0, 0.05) is 21.9 Å². The first-order valence-electron chi connectivity index (χ1n) is 16.4. The summed E-state index contributed by atoms with van der Waals surface area (Å²) in [6.07, 6.45) is 0. The molecule has 0 aliphatic heterocycles. The standard InChI is InChI=1S/C45H28N4Si/c46-29-32-23-25-43-39(27-32)40-28-33(30-47)24-26-44(40)49(43)42-21-11-10-19-38(42)37-20-12-22-45(41(37)31-48)50(34-13-4-1-5-14-34,35-15-6-2-7-16-35)36-17-8-3-9-18-36/h1-28H. The smallest absolute Gasteiger partial charge is 0.180 e. The van der Waals surface area contributed by atoms with Gasteiger partial charge in [-0.1, -0.05) is 127 Å². The molecule has 0 amide bonds. The first-order valence-corrected chi connectivity index (χ1v) is 18.4. The maximum atomic E-state index is 11.2. The molecule has 0 radical (unpaired) electrons. The minimum atomic E-state index is -3.01. The van der Waals surface area contributed by atoms with Gasteiger partial charge >= 0.3 is 0 Å². The number of hydrogen-bond donors (Lipinski definition) is 0. The van der Waals surface area contributed by atoms with Crippen LogP contribution in [-0.2, 0) is 0 Å². The van der Waals surface area contributed by atoms with Gasteiger partial charge in [-0.2, -0.15) is 15.8 Å². The maximum absolute atomic E-state index is 11.2. The molecule has 0 saturated carbocycles. The second-order valence-corrected chi connectivity index (χ2v) is 16.0. The third kappa shape index (κ3) is 4.72. The van der Waals surface area contributed by atoms with Gasteiger partial charge in [0.2, 0.25) is 0 Å². The highest BCUT2D eigenvalue weighted by molar-refractivity contribution is 7.20. The van der Waals surface area contributed by atoms with E-state index in [2.05, 4.69) is 126 Å². The number of rotatable bonds is 6. The molecular weight excluding hydrogens is 625 g/mol. The lowest BCUT2D eigenvalue weighted by atomic mass is 9.98. The molecule has 8 aromatic rings. The zero-order valence-electron chi connectivity index (χ0n) is 27.0. The van der Waals surface area contributed by atoms with Crippen LogP contribution in [0.4, 0.5) is 0 Å². The van der Waals surface area contributed by atoms with Crippen molar-refractivity contribution >= 4 is 50.6 Å². The van der Waals surface area contributed by atoms with E-state index in [0.717, 1.165) is 43.8 Å². The molecule has 4 nitrogen and oxygen atoms in total. The monoisotopic (exact) mass is 652 g/mol. The summed E-state index contributed by atoms with van der Waals surface area (Å²) in [7, 11) is -3.01. The maximum Gasteiger partial charge on any atom is 0.180 e. The van der Waals surface area contributed by atoms with Gasteiger partial charge in [-0.3, -0.25) is 0 Å². The zero-order chi connectivity index (χ0) is 34.1. The van der Waals surface area contributed by atoms with Gasteiger partial charge in [0.25, 0.3) is 0 Å². The van der Waals surface area contributed by atoms with E-state index < -0.39 is 8.07 Å². The van der Waals surface area contributed by atoms with Crippen LogP contribution < -0.4 is 20.7 Å². The molecule has 5 heteroatoms. The third-order valence-electron chi connectivity index (χ3n) is 9.66. The van der Waals surface area contributed by atoms with Crippen LogP contribution >= 0.6 is 0 Å². The van der Waals surface area contributed by atoms with Crippen LogP contribution in [0.15, 0.2) is 170 Å². The summed E-state index contributed by atoms with van der Waals surface area (Å²) in [5, 5.41) is 37.1. The minimum Gasteiger partial charge on any atom is -0.309 e. The van der Waals surface area contributed by atoms with Gasteiger partial charge in [-0.15, -0.1) is 0 Å². The average Bonchev–Trinajstić information content (AvgIpc) is 3.52. The van der Waals surface area contributed by atoms with Crippen LogP contribution in [0.5, 0.6) is 0 Å². The number of nitrogens with zero attached hydrogens (tertiary/aromatic N) is 4. The first kappa shape index (κ1) is 30.4. The Balaban J connectivity index is 1.46. The normalized spacial score (nSPS) is 11.1. The van der Waals surface area contributed by atoms with E-state index in [1.54, 1.807) is 0 Å². The van der Waals surface area contributed by atoms with Crippen LogP contribution in [0.25, 0.3) is 38.6 Å². The van der Waals surface area contributed by atoms with Crippen molar-refractivity contribution in [3.8, 4) is 35.0 Å². The Bertz CT molecular complexity index is 2510. The lowest BCUT2D eigenvalue weighted by Crippen LogP contribution is -2.75. The van der Waals surface area contributed by atoms with Crippen molar-refractivity contribution in [2.75, 3.05) is 0 Å². The molecular formula is C45H28N4Si. The van der Waals surface area contributed by atoms with E-state index in [-0.39, 0.29) is 0 Å². The van der Waals surface area contributed by atoms with Crippen molar-refractivity contribution in [1.29, 1.82) is 15.8 Å². The summed E-state index contributed by atoms with van der Waals surface area (Å²) in [4.78, 5) is 0. The fourth-order valence-corrected chi connectivity index (χ4v) is 12.5. The Kier molecular flexibility index (Phi) is 7.63. The Morgan fingerprint density at radius 3 is 1.36 bits per heavy atom.